The highest BCUT2D eigenvalue weighted by atomic mass is 16.7. The Balaban J connectivity index is 3.02. The van der Waals surface area contributed by atoms with Crippen molar-refractivity contribution in [2.75, 3.05) is 19.8 Å². The van der Waals surface area contributed by atoms with Crippen LogP contribution in [0.1, 0.15) is 26.7 Å². The van der Waals surface area contributed by atoms with Crippen LogP contribution in [0.2, 0.25) is 0 Å². The summed E-state index contributed by atoms with van der Waals surface area (Å²) in [6.45, 7) is 6.37. The van der Waals surface area contributed by atoms with Crippen molar-refractivity contribution in [1.29, 1.82) is 0 Å². The standard InChI is InChI=1S/C9H17O4/c1-3-5-6-11-7-8-13-9(10)12-4-2/h4H,3,5-8H2,1-2H3. The second-order valence-electron chi connectivity index (χ2n) is 2.42. The van der Waals surface area contributed by atoms with Crippen LogP contribution in [-0.2, 0) is 14.2 Å². The van der Waals surface area contributed by atoms with Gasteiger partial charge in [0.05, 0.1) is 6.61 Å². The highest BCUT2D eigenvalue weighted by molar-refractivity contribution is 5.60. The van der Waals surface area contributed by atoms with Crippen molar-refractivity contribution < 1.29 is 19.0 Å². The molecule has 77 valence electrons. The van der Waals surface area contributed by atoms with Gasteiger partial charge in [-0.05, 0) is 13.3 Å². The summed E-state index contributed by atoms with van der Waals surface area (Å²) >= 11 is 0. The lowest BCUT2D eigenvalue weighted by molar-refractivity contribution is 0.0383. The Hall–Kier alpha value is -0.770. The highest BCUT2D eigenvalue weighted by Crippen LogP contribution is 1.90. The first kappa shape index (κ1) is 12.2. The topological polar surface area (TPSA) is 44.8 Å². The average molecular weight is 189 g/mol. The average Bonchev–Trinajstić information content (AvgIpc) is 2.11. The Bertz CT molecular complexity index is 125. The molecule has 0 aliphatic carbocycles. The molecule has 0 fully saturated rings. The van der Waals surface area contributed by atoms with Gasteiger partial charge in [0, 0.05) is 6.61 Å². The van der Waals surface area contributed by atoms with E-state index < -0.39 is 6.16 Å². The van der Waals surface area contributed by atoms with Crippen LogP contribution in [-0.4, -0.2) is 26.0 Å². The molecule has 1 radical (unpaired) electrons. The summed E-state index contributed by atoms with van der Waals surface area (Å²) < 4.78 is 14.2. The van der Waals surface area contributed by atoms with Crippen LogP contribution < -0.4 is 0 Å². The Kier molecular flexibility index (Phi) is 8.77. The molecule has 0 spiro atoms. The first-order valence-corrected chi connectivity index (χ1v) is 4.50. The summed E-state index contributed by atoms with van der Waals surface area (Å²) in [5.74, 6) is 0. The van der Waals surface area contributed by atoms with Crippen molar-refractivity contribution in [3.63, 3.8) is 0 Å². The fourth-order valence-corrected chi connectivity index (χ4v) is 0.663. The molecule has 0 aliphatic rings. The molecular formula is C9H17O4. The molecule has 0 aromatic carbocycles. The summed E-state index contributed by atoms with van der Waals surface area (Å²) in [4.78, 5) is 10.6. The number of carbonyl (C=O) groups is 1. The molecule has 4 nitrogen and oxygen atoms in total. The van der Waals surface area contributed by atoms with Crippen molar-refractivity contribution in [1.82, 2.24) is 0 Å². The van der Waals surface area contributed by atoms with Crippen LogP contribution in [0.25, 0.3) is 0 Å². The minimum Gasteiger partial charge on any atom is -0.432 e. The van der Waals surface area contributed by atoms with Crippen LogP contribution in [0.4, 0.5) is 4.79 Å². The molecule has 4 heteroatoms. The summed E-state index contributed by atoms with van der Waals surface area (Å²) in [6, 6.07) is 0. The number of hydrogen-bond donors (Lipinski definition) is 0. The smallest absolute Gasteiger partial charge is 0.432 e. The maximum Gasteiger partial charge on any atom is 0.508 e. The lowest BCUT2D eigenvalue weighted by atomic mass is 10.4. The molecule has 0 atom stereocenters. The fourth-order valence-electron chi connectivity index (χ4n) is 0.663. The molecule has 0 N–H and O–H groups in total. The first-order chi connectivity index (χ1) is 6.31. The minimum atomic E-state index is -0.679. The van der Waals surface area contributed by atoms with Gasteiger partial charge in [-0.15, -0.1) is 0 Å². The van der Waals surface area contributed by atoms with Crippen LogP contribution >= 0.6 is 0 Å². The lowest BCUT2D eigenvalue weighted by Crippen LogP contribution is -2.11. The van der Waals surface area contributed by atoms with E-state index in [0.717, 1.165) is 19.4 Å². The van der Waals surface area contributed by atoms with Gasteiger partial charge in [0.1, 0.15) is 13.2 Å². The zero-order chi connectivity index (χ0) is 9.94. The maximum absolute atomic E-state index is 10.6. The lowest BCUT2D eigenvalue weighted by Gasteiger charge is -2.04. The van der Waals surface area contributed by atoms with E-state index in [1.54, 1.807) is 6.92 Å². The van der Waals surface area contributed by atoms with E-state index in [9.17, 15) is 4.79 Å². The Morgan fingerprint density at radius 1 is 1.31 bits per heavy atom. The Morgan fingerprint density at radius 2 is 2.08 bits per heavy atom. The second-order valence-corrected chi connectivity index (χ2v) is 2.42. The number of rotatable bonds is 7. The highest BCUT2D eigenvalue weighted by Gasteiger charge is 2.00. The van der Waals surface area contributed by atoms with Gasteiger partial charge in [-0.2, -0.15) is 0 Å². The van der Waals surface area contributed by atoms with E-state index in [1.807, 2.05) is 0 Å². The molecule has 0 unspecified atom stereocenters. The molecule has 13 heavy (non-hydrogen) atoms. The number of ether oxygens (including phenoxy) is 3. The monoisotopic (exact) mass is 189 g/mol. The third-order valence-corrected chi connectivity index (χ3v) is 1.30. The first-order valence-electron chi connectivity index (χ1n) is 4.50. The predicted octanol–water partition coefficient (Wildman–Crippen LogP) is 2.14. The van der Waals surface area contributed by atoms with Crippen LogP contribution in [0, 0.1) is 6.61 Å². The summed E-state index contributed by atoms with van der Waals surface area (Å²) in [5.41, 5.74) is 0. The maximum atomic E-state index is 10.6. The van der Waals surface area contributed by atoms with Crippen molar-refractivity contribution in [2.45, 2.75) is 26.7 Å². The molecule has 0 saturated carbocycles. The molecule has 0 saturated heterocycles. The third-order valence-electron chi connectivity index (χ3n) is 1.30. The van der Waals surface area contributed by atoms with Crippen molar-refractivity contribution in [3.05, 3.63) is 6.61 Å². The van der Waals surface area contributed by atoms with Gasteiger partial charge in [-0.1, -0.05) is 13.3 Å². The van der Waals surface area contributed by atoms with E-state index in [1.165, 1.54) is 6.61 Å². The number of hydrogen-bond acceptors (Lipinski definition) is 4. The fraction of sp³-hybridized carbons (Fsp3) is 0.778. The van der Waals surface area contributed by atoms with Crippen molar-refractivity contribution in [2.24, 2.45) is 0 Å². The van der Waals surface area contributed by atoms with Gasteiger partial charge >= 0.3 is 6.16 Å². The second kappa shape index (κ2) is 9.32. The molecule has 0 amide bonds. The van der Waals surface area contributed by atoms with E-state index in [0.29, 0.717) is 6.61 Å². The normalized spacial score (nSPS) is 9.69. The molecule has 0 heterocycles. The molecule has 0 aromatic rings. The van der Waals surface area contributed by atoms with E-state index in [4.69, 9.17) is 4.74 Å². The van der Waals surface area contributed by atoms with Gasteiger partial charge in [-0.25, -0.2) is 4.79 Å². The van der Waals surface area contributed by atoms with Crippen LogP contribution in [0.3, 0.4) is 0 Å². The van der Waals surface area contributed by atoms with Crippen molar-refractivity contribution >= 4 is 6.16 Å². The number of unbranched alkanes of at least 4 members (excludes halogenated alkanes) is 1. The summed E-state index contributed by atoms with van der Waals surface area (Å²) in [7, 11) is 0. The van der Waals surface area contributed by atoms with Gasteiger partial charge in [0.2, 0.25) is 0 Å². The summed E-state index contributed by atoms with van der Waals surface area (Å²) in [6.07, 6.45) is 1.46. The zero-order valence-electron chi connectivity index (χ0n) is 8.25. The predicted molar refractivity (Wildman–Crippen MR) is 48.1 cm³/mol. The van der Waals surface area contributed by atoms with Crippen LogP contribution in [0.15, 0.2) is 0 Å². The van der Waals surface area contributed by atoms with Gasteiger partial charge in [0.25, 0.3) is 0 Å². The van der Waals surface area contributed by atoms with E-state index >= 15 is 0 Å². The number of carbonyl (C=O) groups excluding carboxylic acids is 1. The zero-order valence-corrected chi connectivity index (χ0v) is 8.25. The van der Waals surface area contributed by atoms with Crippen LogP contribution in [0.5, 0.6) is 0 Å². The van der Waals surface area contributed by atoms with Crippen molar-refractivity contribution in [3.8, 4) is 0 Å². The van der Waals surface area contributed by atoms with Gasteiger partial charge < -0.3 is 14.2 Å². The van der Waals surface area contributed by atoms with E-state index in [2.05, 4.69) is 16.4 Å². The van der Waals surface area contributed by atoms with Gasteiger partial charge in [-0.3, -0.25) is 0 Å². The SMILES string of the molecule is C[CH]OC(=O)OCCOCCCC. The van der Waals surface area contributed by atoms with Gasteiger partial charge in [0.15, 0.2) is 0 Å². The molecule has 0 bridgehead atoms. The minimum absolute atomic E-state index is 0.246. The third kappa shape index (κ3) is 9.14. The summed E-state index contributed by atoms with van der Waals surface area (Å²) in [5, 5.41) is 0. The molecular weight excluding hydrogens is 172 g/mol. The van der Waals surface area contributed by atoms with E-state index in [-0.39, 0.29) is 6.61 Å². The Morgan fingerprint density at radius 3 is 2.69 bits per heavy atom. The largest absolute Gasteiger partial charge is 0.508 e. The molecule has 0 aliphatic heterocycles. The quantitative estimate of drug-likeness (QED) is 0.454. The molecule has 0 aromatic heterocycles. The Labute approximate surface area is 79.2 Å². The molecule has 0 rings (SSSR count).